The van der Waals surface area contributed by atoms with Gasteiger partial charge in [0.15, 0.2) is 0 Å². The molecule has 0 amide bonds. The van der Waals surface area contributed by atoms with Gasteiger partial charge in [-0.1, -0.05) is 25.5 Å². The van der Waals surface area contributed by atoms with Gasteiger partial charge < -0.3 is 5.32 Å². The first-order valence-electron chi connectivity index (χ1n) is 9.04. The second-order valence-corrected chi connectivity index (χ2v) is 6.69. The first kappa shape index (κ1) is 16.1. The van der Waals surface area contributed by atoms with Crippen molar-refractivity contribution in [2.24, 2.45) is 0 Å². The molecule has 1 aromatic heterocycles. The molecule has 4 rings (SSSR count). The van der Waals surface area contributed by atoms with E-state index in [0.717, 1.165) is 44.0 Å². The van der Waals surface area contributed by atoms with E-state index in [4.69, 9.17) is 5.10 Å². The van der Waals surface area contributed by atoms with Crippen LogP contribution in [0.25, 0.3) is 5.69 Å². The largest absolute Gasteiger partial charge is 0.369 e. The standard InChI is InChI=1S/C18H23N5O2/c1-2-21-12-6-5-9-16(21)17-13-10-11-19-18(13)22(20-17)14-7-3-4-8-15(14)23(24)25/h3-4,7-8,16,19H,2,5-6,9-12H2,1H3. The number of piperidine rings is 1. The summed E-state index contributed by atoms with van der Waals surface area (Å²) < 4.78 is 1.75. The highest BCUT2D eigenvalue weighted by molar-refractivity contribution is 5.62. The summed E-state index contributed by atoms with van der Waals surface area (Å²) in [6, 6.07) is 7.14. The molecule has 0 aliphatic carbocycles. The lowest BCUT2D eigenvalue weighted by atomic mass is 9.96. The van der Waals surface area contributed by atoms with E-state index in [9.17, 15) is 10.1 Å². The zero-order valence-electron chi connectivity index (χ0n) is 14.4. The van der Waals surface area contributed by atoms with Crippen LogP contribution in [0, 0.1) is 10.1 Å². The summed E-state index contributed by atoms with van der Waals surface area (Å²) >= 11 is 0. The Morgan fingerprint density at radius 3 is 3.00 bits per heavy atom. The van der Waals surface area contributed by atoms with E-state index in [-0.39, 0.29) is 10.6 Å². The number of fused-ring (bicyclic) bond motifs is 1. The highest BCUT2D eigenvalue weighted by Crippen LogP contribution is 2.39. The third kappa shape index (κ3) is 2.68. The lowest BCUT2D eigenvalue weighted by Crippen LogP contribution is -2.34. The SMILES string of the molecule is CCN1CCCCC1c1nn(-c2ccccc2[N+](=O)[O-])c2c1CCN2. The molecule has 2 aliphatic heterocycles. The van der Waals surface area contributed by atoms with Crippen LogP contribution < -0.4 is 5.32 Å². The van der Waals surface area contributed by atoms with Crippen molar-refractivity contribution in [1.82, 2.24) is 14.7 Å². The molecular weight excluding hydrogens is 318 g/mol. The van der Waals surface area contributed by atoms with Crippen LogP contribution >= 0.6 is 0 Å². The number of nitro groups is 1. The lowest BCUT2D eigenvalue weighted by Gasteiger charge is -2.34. The Hall–Kier alpha value is -2.41. The van der Waals surface area contributed by atoms with Crippen molar-refractivity contribution in [3.63, 3.8) is 0 Å². The Labute approximate surface area is 146 Å². The molecule has 3 heterocycles. The molecule has 1 saturated heterocycles. The van der Waals surface area contributed by atoms with E-state index in [1.807, 2.05) is 6.07 Å². The number of rotatable bonds is 4. The number of anilines is 1. The van der Waals surface area contributed by atoms with Gasteiger partial charge in [-0.05, 0) is 38.4 Å². The van der Waals surface area contributed by atoms with Crippen molar-refractivity contribution in [1.29, 1.82) is 0 Å². The number of benzene rings is 1. The summed E-state index contributed by atoms with van der Waals surface area (Å²) in [6.45, 7) is 5.16. The van der Waals surface area contributed by atoms with Gasteiger partial charge in [-0.3, -0.25) is 15.0 Å². The average Bonchev–Trinajstić information content (AvgIpc) is 3.24. The number of para-hydroxylation sites is 2. The van der Waals surface area contributed by atoms with Crippen LogP contribution in [0.2, 0.25) is 0 Å². The van der Waals surface area contributed by atoms with E-state index in [1.165, 1.54) is 24.5 Å². The molecular formula is C18H23N5O2. The number of hydrogen-bond donors (Lipinski definition) is 1. The van der Waals surface area contributed by atoms with Crippen molar-refractivity contribution in [2.45, 2.75) is 38.6 Å². The highest BCUT2D eigenvalue weighted by atomic mass is 16.6. The molecule has 1 aromatic carbocycles. The van der Waals surface area contributed by atoms with Gasteiger partial charge in [-0.25, -0.2) is 4.68 Å². The minimum atomic E-state index is -0.336. The van der Waals surface area contributed by atoms with Gasteiger partial charge in [0, 0.05) is 18.2 Å². The van der Waals surface area contributed by atoms with Gasteiger partial charge in [0.1, 0.15) is 11.5 Å². The van der Waals surface area contributed by atoms with E-state index in [0.29, 0.717) is 11.7 Å². The molecule has 0 radical (unpaired) electrons. The molecule has 1 N–H and O–H groups in total. The molecule has 0 bridgehead atoms. The number of aromatic nitrogens is 2. The summed E-state index contributed by atoms with van der Waals surface area (Å²) in [5, 5.41) is 19.7. The molecule has 2 aliphatic rings. The van der Waals surface area contributed by atoms with Crippen LogP contribution in [-0.2, 0) is 6.42 Å². The number of nitro benzene ring substituents is 1. The third-order valence-electron chi connectivity index (χ3n) is 5.32. The number of hydrogen-bond acceptors (Lipinski definition) is 5. The summed E-state index contributed by atoms with van der Waals surface area (Å²) in [5.74, 6) is 0.922. The van der Waals surface area contributed by atoms with Crippen LogP contribution in [-0.4, -0.2) is 39.2 Å². The zero-order chi connectivity index (χ0) is 17.4. The molecule has 1 fully saturated rings. The van der Waals surface area contributed by atoms with Crippen molar-refractivity contribution in [3.8, 4) is 5.69 Å². The minimum absolute atomic E-state index is 0.0871. The molecule has 0 saturated carbocycles. The first-order valence-corrected chi connectivity index (χ1v) is 9.04. The molecule has 1 unspecified atom stereocenters. The summed E-state index contributed by atoms with van der Waals surface area (Å²) in [6.07, 6.45) is 4.48. The Kier molecular flexibility index (Phi) is 4.17. The number of nitrogens with zero attached hydrogens (tertiary/aromatic N) is 4. The summed E-state index contributed by atoms with van der Waals surface area (Å²) in [7, 11) is 0. The fourth-order valence-electron chi connectivity index (χ4n) is 4.12. The van der Waals surface area contributed by atoms with Gasteiger partial charge in [0.05, 0.1) is 16.7 Å². The Morgan fingerprint density at radius 2 is 2.20 bits per heavy atom. The van der Waals surface area contributed by atoms with E-state index in [2.05, 4.69) is 17.1 Å². The molecule has 25 heavy (non-hydrogen) atoms. The van der Waals surface area contributed by atoms with Crippen LogP contribution in [0.5, 0.6) is 0 Å². The van der Waals surface area contributed by atoms with Crippen LogP contribution in [0.3, 0.4) is 0 Å². The highest BCUT2D eigenvalue weighted by Gasteiger charge is 2.33. The van der Waals surface area contributed by atoms with Gasteiger partial charge >= 0.3 is 0 Å². The van der Waals surface area contributed by atoms with Crippen molar-refractivity contribution >= 4 is 11.5 Å². The summed E-state index contributed by atoms with van der Waals surface area (Å²) in [5.41, 5.74) is 2.94. The van der Waals surface area contributed by atoms with Crippen molar-refractivity contribution in [3.05, 3.63) is 45.6 Å². The van der Waals surface area contributed by atoms with Crippen LogP contribution in [0.15, 0.2) is 24.3 Å². The maximum absolute atomic E-state index is 11.4. The Balaban J connectivity index is 1.83. The van der Waals surface area contributed by atoms with Gasteiger partial charge in [0.2, 0.25) is 0 Å². The molecule has 7 heteroatoms. The maximum atomic E-state index is 11.4. The first-order chi connectivity index (χ1) is 12.2. The van der Waals surface area contributed by atoms with E-state index in [1.54, 1.807) is 16.8 Å². The third-order valence-corrected chi connectivity index (χ3v) is 5.32. The van der Waals surface area contributed by atoms with E-state index >= 15 is 0 Å². The normalized spacial score (nSPS) is 20.3. The predicted molar refractivity (Wildman–Crippen MR) is 96.3 cm³/mol. The van der Waals surface area contributed by atoms with Gasteiger partial charge in [-0.2, -0.15) is 5.10 Å². The molecule has 132 valence electrons. The van der Waals surface area contributed by atoms with Crippen LogP contribution in [0.1, 0.15) is 43.5 Å². The summed E-state index contributed by atoms with van der Waals surface area (Å²) in [4.78, 5) is 13.6. The van der Waals surface area contributed by atoms with Crippen molar-refractivity contribution in [2.75, 3.05) is 25.0 Å². The molecule has 2 aromatic rings. The zero-order valence-corrected chi connectivity index (χ0v) is 14.4. The lowest BCUT2D eigenvalue weighted by molar-refractivity contribution is -0.384. The molecule has 0 spiro atoms. The van der Waals surface area contributed by atoms with Crippen molar-refractivity contribution < 1.29 is 4.92 Å². The molecule has 1 atom stereocenters. The molecule has 7 nitrogen and oxygen atoms in total. The quantitative estimate of drug-likeness (QED) is 0.682. The average molecular weight is 341 g/mol. The Morgan fingerprint density at radius 1 is 1.36 bits per heavy atom. The topological polar surface area (TPSA) is 76.2 Å². The second kappa shape index (κ2) is 6.48. The smallest absolute Gasteiger partial charge is 0.294 e. The van der Waals surface area contributed by atoms with Crippen LogP contribution in [0.4, 0.5) is 11.5 Å². The minimum Gasteiger partial charge on any atom is -0.369 e. The number of nitrogens with one attached hydrogen (secondary N) is 1. The monoisotopic (exact) mass is 341 g/mol. The predicted octanol–water partition coefficient (Wildman–Crippen LogP) is 3.30. The maximum Gasteiger partial charge on any atom is 0.294 e. The van der Waals surface area contributed by atoms with Gasteiger partial charge in [-0.15, -0.1) is 0 Å². The fraction of sp³-hybridized carbons (Fsp3) is 0.500. The van der Waals surface area contributed by atoms with E-state index < -0.39 is 0 Å². The van der Waals surface area contributed by atoms with Gasteiger partial charge in [0.25, 0.3) is 5.69 Å². The Bertz CT molecular complexity index is 801. The number of likely N-dealkylation sites (tertiary alicyclic amines) is 1. The fourth-order valence-corrected chi connectivity index (χ4v) is 4.12. The second-order valence-electron chi connectivity index (χ2n) is 6.69.